The second-order valence-electron chi connectivity index (χ2n) is 5.22. The summed E-state index contributed by atoms with van der Waals surface area (Å²) in [6.45, 7) is 1.92. The van der Waals surface area contributed by atoms with Crippen molar-refractivity contribution < 1.29 is 4.79 Å². The molecule has 1 heterocycles. The summed E-state index contributed by atoms with van der Waals surface area (Å²) < 4.78 is 1.05. The van der Waals surface area contributed by atoms with Crippen molar-refractivity contribution in [3.8, 4) is 0 Å². The number of benzene rings is 2. The summed E-state index contributed by atoms with van der Waals surface area (Å²) in [5, 5.41) is 8.63. The van der Waals surface area contributed by atoms with E-state index < -0.39 is 0 Å². The number of hydrogen-bond donors (Lipinski definition) is 2. The van der Waals surface area contributed by atoms with Crippen molar-refractivity contribution in [3.63, 3.8) is 0 Å². The van der Waals surface area contributed by atoms with Crippen LogP contribution in [-0.2, 0) is 0 Å². The number of carbonyl (C=O) groups excluding carboxylic acids is 1. The molecule has 2 aromatic carbocycles. The lowest BCUT2D eigenvalue weighted by Gasteiger charge is -2.23. The van der Waals surface area contributed by atoms with Gasteiger partial charge in [0.1, 0.15) is 0 Å². The summed E-state index contributed by atoms with van der Waals surface area (Å²) in [5.41, 5.74) is 0.727. The van der Waals surface area contributed by atoms with Crippen molar-refractivity contribution in [1.29, 1.82) is 0 Å². The third kappa shape index (κ3) is 3.02. The quantitative estimate of drug-likeness (QED) is 0.887. The van der Waals surface area contributed by atoms with Gasteiger partial charge in [0, 0.05) is 22.6 Å². The molecule has 3 rings (SSSR count). The second kappa shape index (κ2) is 5.94. The van der Waals surface area contributed by atoms with E-state index in [1.807, 2.05) is 30.3 Å². The Hall–Kier alpha value is -1.39. The van der Waals surface area contributed by atoms with Crippen LogP contribution in [-0.4, -0.2) is 25.0 Å². The van der Waals surface area contributed by atoms with Gasteiger partial charge in [-0.1, -0.05) is 28.1 Å². The number of halogens is 1. The van der Waals surface area contributed by atoms with Crippen LogP contribution < -0.4 is 10.6 Å². The molecule has 0 spiro atoms. The van der Waals surface area contributed by atoms with Crippen molar-refractivity contribution in [3.05, 3.63) is 46.4 Å². The molecule has 1 saturated heterocycles. The smallest absolute Gasteiger partial charge is 0.251 e. The zero-order chi connectivity index (χ0) is 13.9. The number of hydrogen-bond acceptors (Lipinski definition) is 2. The van der Waals surface area contributed by atoms with Crippen molar-refractivity contribution in [2.45, 2.75) is 18.9 Å². The molecule has 4 heteroatoms. The highest BCUT2D eigenvalue weighted by molar-refractivity contribution is 9.10. The molecule has 1 aliphatic rings. The Morgan fingerprint density at radius 1 is 1.20 bits per heavy atom. The van der Waals surface area contributed by atoms with Crippen LogP contribution in [0, 0.1) is 0 Å². The number of nitrogens with one attached hydrogen (secondary N) is 2. The molecule has 0 saturated carbocycles. The molecular formula is C16H17BrN2O. The molecule has 1 amide bonds. The molecule has 0 radical (unpaired) electrons. The van der Waals surface area contributed by atoms with Gasteiger partial charge >= 0.3 is 0 Å². The Morgan fingerprint density at radius 2 is 2.00 bits per heavy atom. The first-order valence-electron chi connectivity index (χ1n) is 6.93. The van der Waals surface area contributed by atoms with Crippen molar-refractivity contribution in [1.82, 2.24) is 10.6 Å². The van der Waals surface area contributed by atoms with Crippen LogP contribution in [0.25, 0.3) is 10.8 Å². The van der Waals surface area contributed by atoms with Crippen LogP contribution in [0.1, 0.15) is 23.2 Å². The maximum Gasteiger partial charge on any atom is 0.251 e. The SMILES string of the molecule is O=C(N[C@H]1CCCNC1)c1ccc2cc(Br)ccc2c1. The molecule has 0 bridgehead atoms. The molecule has 2 N–H and O–H groups in total. The Morgan fingerprint density at radius 3 is 2.80 bits per heavy atom. The third-order valence-electron chi connectivity index (χ3n) is 3.70. The van der Waals surface area contributed by atoms with E-state index >= 15 is 0 Å². The zero-order valence-electron chi connectivity index (χ0n) is 11.2. The molecule has 0 aromatic heterocycles. The predicted molar refractivity (Wildman–Crippen MR) is 85.0 cm³/mol. The van der Waals surface area contributed by atoms with E-state index in [0.717, 1.165) is 46.7 Å². The highest BCUT2D eigenvalue weighted by Gasteiger charge is 2.16. The van der Waals surface area contributed by atoms with Gasteiger partial charge in [-0.25, -0.2) is 0 Å². The first-order valence-corrected chi connectivity index (χ1v) is 7.72. The molecule has 104 valence electrons. The molecule has 2 aromatic rings. The largest absolute Gasteiger partial charge is 0.348 e. The Labute approximate surface area is 126 Å². The number of carbonyl (C=O) groups is 1. The summed E-state index contributed by atoms with van der Waals surface area (Å²) in [4.78, 5) is 12.3. The van der Waals surface area contributed by atoms with E-state index in [1.165, 1.54) is 0 Å². The van der Waals surface area contributed by atoms with E-state index in [2.05, 4.69) is 32.6 Å². The fourth-order valence-corrected chi connectivity index (χ4v) is 2.98. The average Bonchev–Trinajstić information content (AvgIpc) is 2.47. The average molecular weight is 333 g/mol. The predicted octanol–water partition coefficient (Wildman–Crippen LogP) is 3.08. The van der Waals surface area contributed by atoms with Gasteiger partial charge in [0.05, 0.1) is 0 Å². The third-order valence-corrected chi connectivity index (χ3v) is 4.19. The molecule has 0 aliphatic carbocycles. The molecule has 1 aliphatic heterocycles. The van der Waals surface area contributed by atoms with Gasteiger partial charge in [-0.3, -0.25) is 4.79 Å². The van der Waals surface area contributed by atoms with Gasteiger partial charge in [-0.2, -0.15) is 0 Å². The zero-order valence-corrected chi connectivity index (χ0v) is 12.7. The molecular weight excluding hydrogens is 316 g/mol. The summed E-state index contributed by atoms with van der Waals surface area (Å²) >= 11 is 3.46. The lowest BCUT2D eigenvalue weighted by molar-refractivity contribution is 0.0931. The summed E-state index contributed by atoms with van der Waals surface area (Å²) in [5.74, 6) is 0.0171. The van der Waals surface area contributed by atoms with Gasteiger partial charge in [0.2, 0.25) is 0 Å². The molecule has 1 fully saturated rings. The van der Waals surface area contributed by atoms with E-state index in [9.17, 15) is 4.79 Å². The van der Waals surface area contributed by atoms with Crippen LogP contribution in [0.5, 0.6) is 0 Å². The highest BCUT2D eigenvalue weighted by atomic mass is 79.9. The maximum atomic E-state index is 12.3. The lowest BCUT2D eigenvalue weighted by atomic mass is 10.0. The maximum absolute atomic E-state index is 12.3. The summed E-state index contributed by atoms with van der Waals surface area (Å²) in [6, 6.07) is 12.2. The Bertz CT molecular complexity index is 635. The Balaban J connectivity index is 1.78. The van der Waals surface area contributed by atoms with Gasteiger partial charge in [0.15, 0.2) is 0 Å². The van der Waals surface area contributed by atoms with Gasteiger partial charge in [-0.15, -0.1) is 0 Å². The number of amides is 1. The molecule has 3 nitrogen and oxygen atoms in total. The fraction of sp³-hybridized carbons (Fsp3) is 0.312. The first-order chi connectivity index (χ1) is 9.72. The van der Waals surface area contributed by atoms with Gasteiger partial charge in [-0.05, 0) is 54.4 Å². The molecule has 0 unspecified atom stereocenters. The minimum absolute atomic E-state index is 0.0171. The minimum atomic E-state index is 0.0171. The number of rotatable bonds is 2. The number of fused-ring (bicyclic) bond motifs is 1. The van der Waals surface area contributed by atoms with Crippen LogP contribution in [0.2, 0.25) is 0 Å². The van der Waals surface area contributed by atoms with Crippen LogP contribution in [0.15, 0.2) is 40.9 Å². The standard InChI is InChI=1S/C16H17BrN2O/c17-14-6-5-11-8-13(4-3-12(11)9-14)16(20)19-15-2-1-7-18-10-15/h3-6,8-9,15,18H,1-2,7,10H2,(H,19,20)/t15-/m0/s1. The van der Waals surface area contributed by atoms with E-state index in [-0.39, 0.29) is 11.9 Å². The van der Waals surface area contributed by atoms with E-state index in [1.54, 1.807) is 0 Å². The second-order valence-corrected chi connectivity index (χ2v) is 6.14. The lowest BCUT2D eigenvalue weighted by Crippen LogP contribution is -2.45. The van der Waals surface area contributed by atoms with E-state index in [4.69, 9.17) is 0 Å². The van der Waals surface area contributed by atoms with Crippen molar-refractivity contribution in [2.24, 2.45) is 0 Å². The first kappa shape index (κ1) is 13.6. The summed E-state index contributed by atoms with van der Waals surface area (Å²) in [6.07, 6.45) is 2.18. The topological polar surface area (TPSA) is 41.1 Å². The Kier molecular flexibility index (Phi) is 4.03. The van der Waals surface area contributed by atoms with Crippen molar-refractivity contribution >= 4 is 32.6 Å². The highest BCUT2D eigenvalue weighted by Crippen LogP contribution is 2.21. The van der Waals surface area contributed by atoms with Crippen molar-refractivity contribution in [2.75, 3.05) is 13.1 Å². The molecule has 20 heavy (non-hydrogen) atoms. The number of piperidine rings is 1. The summed E-state index contributed by atoms with van der Waals surface area (Å²) in [7, 11) is 0. The van der Waals surface area contributed by atoms with E-state index in [0.29, 0.717) is 0 Å². The van der Waals surface area contributed by atoms with Gasteiger partial charge < -0.3 is 10.6 Å². The monoisotopic (exact) mass is 332 g/mol. The van der Waals surface area contributed by atoms with Crippen LogP contribution in [0.3, 0.4) is 0 Å². The van der Waals surface area contributed by atoms with Crippen LogP contribution >= 0.6 is 15.9 Å². The fourth-order valence-electron chi connectivity index (χ4n) is 2.60. The molecule has 1 atom stereocenters. The minimum Gasteiger partial charge on any atom is -0.348 e. The van der Waals surface area contributed by atoms with Crippen LogP contribution in [0.4, 0.5) is 0 Å². The van der Waals surface area contributed by atoms with Gasteiger partial charge in [0.25, 0.3) is 5.91 Å². The normalized spacial score (nSPS) is 18.9.